The fourth-order valence-electron chi connectivity index (χ4n) is 3.40. The number of nitrogens with zero attached hydrogens (tertiary/aromatic N) is 2. The van der Waals surface area contributed by atoms with Gasteiger partial charge in [-0.1, -0.05) is 6.07 Å². The highest BCUT2D eigenvalue weighted by Crippen LogP contribution is 2.34. The van der Waals surface area contributed by atoms with E-state index in [9.17, 15) is 8.78 Å². The molecule has 0 radical (unpaired) electrons. The SMILES string of the molecule is [C-]#[N+]C1CN(C2CCOCC2)C[C@H]1c1ccc(F)cc1F. The lowest BCUT2D eigenvalue weighted by Crippen LogP contribution is -2.38. The third kappa shape index (κ3) is 2.92. The maximum atomic E-state index is 14.0. The van der Waals surface area contributed by atoms with Crippen molar-refractivity contribution in [1.82, 2.24) is 4.90 Å². The Morgan fingerprint density at radius 2 is 1.95 bits per heavy atom. The summed E-state index contributed by atoms with van der Waals surface area (Å²) in [5.41, 5.74) is 0.465. The minimum Gasteiger partial charge on any atom is -0.381 e. The van der Waals surface area contributed by atoms with Gasteiger partial charge in [0.1, 0.15) is 11.6 Å². The van der Waals surface area contributed by atoms with E-state index in [-0.39, 0.29) is 12.0 Å². The zero-order valence-electron chi connectivity index (χ0n) is 11.8. The summed E-state index contributed by atoms with van der Waals surface area (Å²) in [4.78, 5) is 5.95. The van der Waals surface area contributed by atoms with Gasteiger partial charge in [-0.2, -0.15) is 0 Å². The molecule has 3 nitrogen and oxygen atoms in total. The summed E-state index contributed by atoms with van der Waals surface area (Å²) in [5, 5.41) is 0. The van der Waals surface area contributed by atoms with Gasteiger partial charge in [-0.25, -0.2) is 15.4 Å². The van der Waals surface area contributed by atoms with E-state index in [4.69, 9.17) is 11.3 Å². The summed E-state index contributed by atoms with van der Waals surface area (Å²) in [5.74, 6) is -1.29. The molecule has 2 fully saturated rings. The molecule has 0 amide bonds. The smallest absolute Gasteiger partial charge is 0.244 e. The molecule has 5 heteroatoms. The zero-order valence-corrected chi connectivity index (χ0v) is 11.8. The Labute approximate surface area is 123 Å². The highest BCUT2D eigenvalue weighted by Gasteiger charge is 2.42. The summed E-state index contributed by atoms with van der Waals surface area (Å²) in [7, 11) is 0. The average Bonchev–Trinajstić information content (AvgIpc) is 2.92. The highest BCUT2D eigenvalue weighted by molar-refractivity contribution is 5.27. The summed E-state index contributed by atoms with van der Waals surface area (Å²) >= 11 is 0. The van der Waals surface area contributed by atoms with Crippen LogP contribution in [-0.4, -0.2) is 43.3 Å². The summed E-state index contributed by atoms with van der Waals surface area (Å²) < 4.78 is 32.4. The van der Waals surface area contributed by atoms with Gasteiger partial charge in [0.15, 0.2) is 0 Å². The predicted molar refractivity (Wildman–Crippen MR) is 74.9 cm³/mol. The first-order chi connectivity index (χ1) is 10.2. The van der Waals surface area contributed by atoms with E-state index >= 15 is 0 Å². The standard InChI is InChI=1S/C16H18F2N2O/c1-19-16-10-20(12-4-6-21-7-5-12)9-14(16)13-3-2-11(17)8-15(13)18/h2-3,8,12,14,16H,4-7,9-10H2/t14-,16?/m0/s1. The predicted octanol–water partition coefficient (Wildman–Crippen LogP) is 2.83. The Balaban J connectivity index is 1.80. The van der Waals surface area contributed by atoms with E-state index in [0.717, 1.165) is 32.1 Å². The van der Waals surface area contributed by atoms with Crippen LogP contribution in [0, 0.1) is 18.2 Å². The Morgan fingerprint density at radius 3 is 2.62 bits per heavy atom. The number of ether oxygens (including phenoxy) is 1. The van der Waals surface area contributed by atoms with Crippen LogP contribution >= 0.6 is 0 Å². The molecule has 0 bridgehead atoms. The van der Waals surface area contributed by atoms with Gasteiger partial charge in [0.2, 0.25) is 6.04 Å². The van der Waals surface area contributed by atoms with Crippen molar-refractivity contribution in [3.63, 3.8) is 0 Å². The Morgan fingerprint density at radius 1 is 1.19 bits per heavy atom. The van der Waals surface area contributed by atoms with Crippen LogP contribution in [0.15, 0.2) is 18.2 Å². The van der Waals surface area contributed by atoms with Crippen LogP contribution in [0.25, 0.3) is 4.85 Å². The van der Waals surface area contributed by atoms with Crippen LogP contribution in [0.1, 0.15) is 24.3 Å². The van der Waals surface area contributed by atoms with Gasteiger partial charge in [-0.05, 0) is 18.9 Å². The first kappa shape index (κ1) is 14.4. The third-order valence-corrected chi connectivity index (χ3v) is 4.55. The zero-order chi connectivity index (χ0) is 14.8. The van der Waals surface area contributed by atoms with Crippen LogP contribution in [0.5, 0.6) is 0 Å². The number of hydrogen-bond donors (Lipinski definition) is 0. The summed E-state index contributed by atoms with van der Waals surface area (Å²) in [6, 6.07) is 3.83. The minimum absolute atomic E-state index is 0.175. The summed E-state index contributed by atoms with van der Waals surface area (Å²) in [6.45, 7) is 10.2. The molecule has 0 aliphatic carbocycles. The van der Waals surface area contributed by atoms with E-state index in [1.807, 2.05) is 0 Å². The first-order valence-corrected chi connectivity index (χ1v) is 7.32. The molecule has 0 spiro atoms. The third-order valence-electron chi connectivity index (χ3n) is 4.55. The van der Waals surface area contributed by atoms with Crippen molar-refractivity contribution in [3.05, 3.63) is 46.8 Å². The monoisotopic (exact) mass is 292 g/mol. The van der Waals surface area contributed by atoms with Crippen molar-refractivity contribution >= 4 is 0 Å². The Bertz CT molecular complexity index is 552. The molecule has 0 saturated carbocycles. The second-order valence-corrected chi connectivity index (χ2v) is 5.77. The molecule has 21 heavy (non-hydrogen) atoms. The van der Waals surface area contributed by atoms with Crippen LogP contribution in [0.4, 0.5) is 8.78 Å². The molecule has 112 valence electrons. The topological polar surface area (TPSA) is 16.8 Å². The van der Waals surface area contributed by atoms with Gasteiger partial charge in [-0.3, -0.25) is 4.90 Å². The van der Waals surface area contributed by atoms with E-state index < -0.39 is 11.6 Å². The van der Waals surface area contributed by atoms with Crippen LogP contribution in [-0.2, 0) is 4.74 Å². The van der Waals surface area contributed by atoms with Gasteiger partial charge >= 0.3 is 0 Å². The van der Waals surface area contributed by atoms with Crippen molar-refractivity contribution in [2.24, 2.45) is 0 Å². The maximum Gasteiger partial charge on any atom is 0.244 e. The molecule has 1 unspecified atom stereocenters. The second kappa shape index (κ2) is 6.08. The molecule has 1 aromatic carbocycles. The van der Waals surface area contributed by atoms with Gasteiger partial charge in [0, 0.05) is 37.4 Å². The van der Waals surface area contributed by atoms with Crippen molar-refractivity contribution in [2.75, 3.05) is 26.3 Å². The number of halogens is 2. The number of likely N-dealkylation sites (tertiary alicyclic amines) is 1. The van der Waals surface area contributed by atoms with E-state index in [1.54, 1.807) is 0 Å². The van der Waals surface area contributed by atoms with Crippen LogP contribution in [0.2, 0.25) is 0 Å². The highest BCUT2D eigenvalue weighted by atomic mass is 19.1. The van der Waals surface area contributed by atoms with Gasteiger partial charge in [0.25, 0.3) is 0 Å². The first-order valence-electron chi connectivity index (χ1n) is 7.32. The lowest BCUT2D eigenvalue weighted by molar-refractivity contribution is 0.0418. The molecule has 2 heterocycles. The van der Waals surface area contributed by atoms with E-state index in [1.165, 1.54) is 12.1 Å². The summed E-state index contributed by atoms with van der Waals surface area (Å²) in [6.07, 6.45) is 1.92. The van der Waals surface area contributed by atoms with Crippen LogP contribution < -0.4 is 0 Å². The fourth-order valence-corrected chi connectivity index (χ4v) is 3.40. The van der Waals surface area contributed by atoms with E-state index in [0.29, 0.717) is 24.7 Å². The molecule has 1 aromatic rings. The van der Waals surface area contributed by atoms with Crippen molar-refractivity contribution < 1.29 is 13.5 Å². The molecular weight excluding hydrogens is 274 g/mol. The van der Waals surface area contributed by atoms with Crippen LogP contribution in [0.3, 0.4) is 0 Å². The van der Waals surface area contributed by atoms with Crippen molar-refractivity contribution in [2.45, 2.75) is 30.8 Å². The molecule has 2 aliphatic heterocycles. The number of hydrogen-bond acceptors (Lipinski definition) is 2. The molecule has 0 aromatic heterocycles. The lowest BCUT2D eigenvalue weighted by atomic mass is 9.94. The molecule has 2 saturated heterocycles. The Kier molecular flexibility index (Phi) is 4.18. The number of rotatable bonds is 2. The normalized spacial score (nSPS) is 27.7. The molecule has 3 rings (SSSR count). The average molecular weight is 292 g/mol. The molecule has 2 aliphatic rings. The Hall–Kier alpha value is -1.51. The van der Waals surface area contributed by atoms with E-state index in [2.05, 4.69) is 9.74 Å². The lowest BCUT2D eigenvalue weighted by Gasteiger charge is -2.30. The number of benzene rings is 1. The van der Waals surface area contributed by atoms with Gasteiger partial charge in [-0.15, -0.1) is 0 Å². The largest absolute Gasteiger partial charge is 0.381 e. The maximum absolute atomic E-state index is 14.0. The van der Waals surface area contributed by atoms with Crippen molar-refractivity contribution in [1.29, 1.82) is 0 Å². The quantitative estimate of drug-likeness (QED) is 0.780. The molecular formula is C16H18F2N2O. The molecule has 0 N–H and O–H groups in total. The minimum atomic E-state index is -0.574. The van der Waals surface area contributed by atoms with Gasteiger partial charge in [0.05, 0.1) is 12.5 Å². The fraction of sp³-hybridized carbons (Fsp3) is 0.562. The van der Waals surface area contributed by atoms with Crippen molar-refractivity contribution in [3.8, 4) is 0 Å². The molecule has 2 atom stereocenters. The second-order valence-electron chi connectivity index (χ2n) is 5.77. The van der Waals surface area contributed by atoms with Gasteiger partial charge < -0.3 is 9.58 Å².